The molecule has 3 heterocycles. The van der Waals surface area contributed by atoms with E-state index >= 15 is 0 Å². The van der Waals surface area contributed by atoms with E-state index in [0.29, 0.717) is 6.42 Å². The molecule has 7 heteroatoms. The molecule has 0 saturated heterocycles. The van der Waals surface area contributed by atoms with Crippen molar-refractivity contribution >= 4 is 28.4 Å². The normalized spacial score (nSPS) is 16.8. The fraction of sp³-hybridized carbons (Fsp3) is 0.294. The van der Waals surface area contributed by atoms with Crippen LogP contribution in [0.25, 0.3) is 11.0 Å². The number of nitrogens with zero attached hydrogens (tertiary/aromatic N) is 4. The number of carbonyl (C=O) groups is 1. The van der Waals surface area contributed by atoms with Crippen LogP contribution in [0.1, 0.15) is 30.8 Å². The molecule has 0 radical (unpaired) electrons. The van der Waals surface area contributed by atoms with Gasteiger partial charge in [0.2, 0.25) is 5.91 Å². The second-order valence-electron chi connectivity index (χ2n) is 5.88. The molecule has 1 aliphatic rings. The van der Waals surface area contributed by atoms with Crippen LogP contribution >= 0.6 is 0 Å². The van der Waals surface area contributed by atoms with E-state index in [9.17, 15) is 4.79 Å². The minimum Gasteiger partial charge on any atom is -0.362 e. The Morgan fingerprint density at radius 3 is 3.00 bits per heavy atom. The molecule has 1 atom stereocenters. The smallest absolute Gasteiger partial charge is 0.226 e. The Balaban J connectivity index is 1.78. The predicted octanol–water partition coefficient (Wildman–Crippen LogP) is 2.42. The van der Waals surface area contributed by atoms with Crippen molar-refractivity contribution < 1.29 is 4.79 Å². The van der Waals surface area contributed by atoms with Gasteiger partial charge in [0.1, 0.15) is 11.6 Å². The lowest BCUT2D eigenvalue weighted by molar-refractivity contribution is -0.116. The van der Waals surface area contributed by atoms with Crippen molar-refractivity contribution in [3.05, 3.63) is 41.9 Å². The van der Waals surface area contributed by atoms with Crippen LogP contribution in [-0.4, -0.2) is 25.7 Å². The minimum absolute atomic E-state index is 0.00148. The Morgan fingerprint density at radius 1 is 1.33 bits per heavy atom. The summed E-state index contributed by atoms with van der Waals surface area (Å²) in [6.07, 6.45) is 2.85. The average molecular weight is 322 g/mol. The Bertz CT molecular complexity index is 932. The number of aromatic nitrogens is 4. The second-order valence-corrected chi connectivity index (χ2v) is 5.88. The molecule has 0 saturated carbocycles. The van der Waals surface area contributed by atoms with Gasteiger partial charge in [-0.1, -0.05) is 25.1 Å². The zero-order valence-electron chi connectivity index (χ0n) is 13.6. The third-order valence-electron chi connectivity index (χ3n) is 4.27. The molecule has 0 bridgehead atoms. The quantitative estimate of drug-likeness (QED) is 0.773. The highest BCUT2D eigenvalue weighted by atomic mass is 16.1. The van der Waals surface area contributed by atoms with Gasteiger partial charge in [-0.3, -0.25) is 9.48 Å². The highest BCUT2D eigenvalue weighted by molar-refractivity contribution is 5.95. The van der Waals surface area contributed by atoms with Crippen LogP contribution in [0.3, 0.4) is 0 Å². The summed E-state index contributed by atoms with van der Waals surface area (Å²) in [5.41, 5.74) is 2.70. The largest absolute Gasteiger partial charge is 0.362 e. The lowest BCUT2D eigenvalue weighted by atomic mass is 9.97. The molecule has 1 amide bonds. The minimum atomic E-state index is -0.127. The van der Waals surface area contributed by atoms with Gasteiger partial charge in [0.15, 0.2) is 5.65 Å². The van der Waals surface area contributed by atoms with Crippen molar-refractivity contribution in [3.63, 3.8) is 0 Å². The van der Waals surface area contributed by atoms with E-state index in [4.69, 9.17) is 0 Å². The number of carbonyl (C=O) groups excluding carboxylic acids is 1. The molecule has 1 aromatic carbocycles. The van der Waals surface area contributed by atoms with Gasteiger partial charge < -0.3 is 10.6 Å². The number of amides is 1. The van der Waals surface area contributed by atoms with E-state index in [-0.39, 0.29) is 11.9 Å². The van der Waals surface area contributed by atoms with Gasteiger partial charge in [-0.2, -0.15) is 5.10 Å². The SMILES string of the molecule is CCc1nc(N[C@@H]2CC(=O)Nc3ccccc32)c2cnn(C)c2n1. The van der Waals surface area contributed by atoms with E-state index < -0.39 is 0 Å². The number of anilines is 2. The van der Waals surface area contributed by atoms with Crippen molar-refractivity contribution in [2.45, 2.75) is 25.8 Å². The monoisotopic (exact) mass is 322 g/mol. The Kier molecular flexibility index (Phi) is 3.41. The number of nitrogens with one attached hydrogen (secondary N) is 2. The molecule has 0 aliphatic carbocycles. The zero-order valence-corrected chi connectivity index (χ0v) is 13.6. The molecule has 0 unspecified atom stereocenters. The fourth-order valence-corrected chi connectivity index (χ4v) is 3.04. The summed E-state index contributed by atoms with van der Waals surface area (Å²) >= 11 is 0. The summed E-state index contributed by atoms with van der Waals surface area (Å²) in [4.78, 5) is 21.2. The Morgan fingerprint density at radius 2 is 2.17 bits per heavy atom. The molecule has 3 aromatic rings. The third kappa shape index (κ3) is 2.38. The summed E-state index contributed by atoms with van der Waals surface area (Å²) in [7, 11) is 1.86. The summed E-state index contributed by atoms with van der Waals surface area (Å²) in [5.74, 6) is 1.47. The van der Waals surface area contributed by atoms with E-state index in [2.05, 4.69) is 25.7 Å². The van der Waals surface area contributed by atoms with Crippen LogP contribution in [0.5, 0.6) is 0 Å². The standard InChI is InChI=1S/C17H18N6O/c1-3-14-21-16(11-9-18-23(2)17(11)22-14)20-13-8-15(24)19-12-7-5-4-6-10(12)13/h4-7,9,13H,3,8H2,1-2H3,(H,19,24)(H,20,21,22)/t13-/m1/s1. The highest BCUT2D eigenvalue weighted by Crippen LogP contribution is 2.33. The summed E-state index contributed by atoms with van der Waals surface area (Å²) in [6.45, 7) is 2.02. The summed E-state index contributed by atoms with van der Waals surface area (Å²) in [6, 6.07) is 7.70. The molecule has 0 fully saturated rings. The van der Waals surface area contributed by atoms with Gasteiger partial charge >= 0.3 is 0 Å². The van der Waals surface area contributed by atoms with Crippen LogP contribution in [0.15, 0.2) is 30.5 Å². The molecular weight excluding hydrogens is 304 g/mol. The van der Waals surface area contributed by atoms with Gasteiger partial charge in [0.05, 0.1) is 24.0 Å². The van der Waals surface area contributed by atoms with Crippen molar-refractivity contribution in [1.29, 1.82) is 0 Å². The lowest BCUT2D eigenvalue weighted by Crippen LogP contribution is -2.27. The number of para-hydroxylation sites is 1. The van der Waals surface area contributed by atoms with E-state index in [1.165, 1.54) is 0 Å². The van der Waals surface area contributed by atoms with Crippen molar-refractivity contribution in [2.24, 2.45) is 7.05 Å². The first-order valence-corrected chi connectivity index (χ1v) is 7.99. The molecule has 1 aliphatic heterocycles. The van der Waals surface area contributed by atoms with Crippen LogP contribution in [0.4, 0.5) is 11.5 Å². The maximum atomic E-state index is 12.0. The van der Waals surface area contributed by atoms with E-state index in [1.807, 2.05) is 38.2 Å². The Labute approximate surface area is 139 Å². The summed E-state index contributed by atoms with van der Waals surface area (Å²) < 4.78 is 1.74. The molecule has 2 aromatic heterocycles. The Hall–Kier alpha value is -2.96. The number of hydrogen-bond acceptors (Lipinski definition) is 5. The highest BCUT2D eigenvalue weighted by Gasteiger charge is 2.26. The van der Waals surface area contributed by atoms with Crippen LogP contribution in [-0.2, 0) is 18.3 Å². The molecule has 24 heavy (non-hydrogen) atoms. The number of benzene rings is 1. The van der Waals surface area contributed by atoms with E-state index in [0.717, 1.165) is 40.3 Å². The zero-order chi connectivity index (χ0) is 16.7. The van der Waals surface area contributed by atoms with Gasteiger partial charge in [-0.05, 0) is 11.6 Å². The molecule has 7 nitrogen and oxygen atoms in total. The first kappa shape index (κ1) is 14.6. The lowest BCUT2D eigenvalue weighted by Gasteiger charge is -2.27. The maximum absolute atomic E-state index is 12.0. The molecule has 0 spiro atoms. The molecule has 122 valence electrons. The van der Waals surface area contributed by atoms with Crippen LogP contribution in [0.2, 0.25) is 0 Å². The first-order valence-electron chi connectivity index (χ1n) is 7.99. The number of hydrogen-bond donors (Lipinski definition) is 2. The van der Waals surface area contributed by atoms with Crippen LogP contribution in [0, 0.1) is 0 Å². The van der Waals surface area contributed by atoms with Crippen molar-refractivity contribution in [2.75, 3.05) is 10.6 Å². The number of rotatable bonds is 3. The molecular formula is C17H18N6O. The topological polar surface area (TPSA) is 84.7 Å². The molecule has 2 N–H and O–H groups in total. The van der Waals surface area contributed by atoms with E-state index in [1.54, 1.807) is 10.9 Å². The first-order chi connectivity index (χ1) is 11.7. The van der Waals surface area contributed by atoms with Crippen LogP contribution < -0.4 is 10.6 Å². The number of fused-ring (bicyclic) bond motifs is 2. The maximum Gasteiger partial charge on any atom is 0.226 e. The van der Waals surface area contributed by atoms with Gasteiger partial charge in [-0.25, -0.2) is 9.97 Å². The fourth-order valence-electron chi connectivity index (χ4n) is 3.04. The van der Waals surface area contributed by atoms with Gasteiger partial charge in [-0.15, -0.1) is 0 Å². The van der Waals surface area contributed by atoms with Crippen molar-refractivity contribution in [1.82, 2.24) is 19.7 Å². The average Bonchev–Trinajstić information content (AvgIpc) is 2.96. The molecule has 4 rings (SSSR count). The second kappa shape index (κ2) is 5.59. The van der Waals surface area contributed by atoms with Gasteiger partial charge in [0.25, 0.3) is 0 Å². The predicted molar refractivity (Wildman–Crippen MR) is 91.7 cm³/mol. The van der Waals surface area contributed by atoms with Gasteiger partial charge in [0, 0.05) is 19.2 Å². The summed E-state index contributed by atoms with van der Waals surface area (Å²) in [5, 5.41) is 11.5. The third-order valence-corrected chi connectivity index (χ3v) is 4.27. The van der Waals surface area contributed by atoms with Crippen molar-refractivity contribution in [3.8, 4) is 0 Å². The number of aryl methyl sites for hydroxylation is 2.